The summed E-state index contributed by atoms with van der Waals surface area (Å²) < 4.78 is 35.8. The zero-order valence-corrected chi connectivity index (χ0v) is 15.7. The Hall–Kier alpha value is -1.88. The molecule has 0 aliphatic carbocycles. The maximum atomic E-state index is 10.5. The van der Waals surface area contributed by atoms with Gasteiger partial charge >= 0.3 is 15.5 Å². The fourth-order valence-electron chi connectivity index (χ4n) is 2.14. The van der Waals surface area contributed by atoms with Crippen molar-refractivity contribution in [3.63, 3.8) is 0 Å². The van der Waals surface area contributed by atoms with Crippen molar-refractivity contribution in [3.05, 3.63) is 35.8 Å². The zero-order valence-electron chi connectivity index (χ0n) is 14.1. The highest BCUT2D eigenvalue weighted by Gasteiger charge is 2.09. The van der Waals surface area contributed by atoms with E-state index in [0.717, 1.165) is 23.1 Å². The van der Waals surface area contributed by atoms with Gasteiger partial charge in [0.25, 0.3) is 0 Å². The van der Waals surface area contributed by atoms with Gasteiger partial charge in [0.15, 0.2) is 0 Å². The van der Waals surface area contributed by atoms with Crippen LogP contribution in [0.1, 0.15) is 13.3 Å². The molecule has 1 aromatic carbocycles. The number of hydrogen-bond acceptors (Lipinski definition) is 7. The molecule has 0 amide bonds. The number of azo groups is 1. The van der Waals surface area contributed by atoms with Gasteiger partial charge in [-0.3, -0.25) is 4.55 Å². The van der Waals surface area contributed by atoms with Crippen molar-refractivity contribution in [2.45, 2.75) is 13.3 Å². The molecule has 0 saturated carbocycles. The number of benzene rings is 1. The molecule has 0 unspecified atom stereocenters. The van der Waals surface area contributed by atoms with E-state index in [9.17, 15) is 8.42 Å². The molecule has 0 atom stereocenters. The van der Waals surface area contributed by atoms with Crippen LogP contribution in [0.25, 0.3) is 0 Å². The Kier molecular flexibility index (Phi) is 7.00. The summed E-state index contributed by atoms with van der Waals surface area (Å²) in [4.78, 5) is 2.08. The monoisotopic (exact) mass is 385 g/mol. The molecule has 0 bridgehead atoms. The Labute approximate surface area is 151 Å². The van der Waals surface area contributed by atoms with Gasteiger partial charge in [-0.15, -0.1) is 0 Å². The lowest BCUT2D eigenvalue weighted by Gasteiger charge is -2.22. The van der Waals surface area contributed by atoms with Gasteiger partial charge < -0.3 is 4.90 Å². The van der Waals surface area contributed by atoms with Gasteiger partial charge in [-0.05, 0) is 54.1 Å². The van der Waals surface area contributed by atoms with Crippen LogP contribution in [0.2, 0.25) is 0 Å². The normalized spacial score (nSPS) is 12.0. The average Bonchev–Trinajstić information content (AvgIpc) is 2.98. The summed E-state index contributed by atoms with van der Waals surface area (Å²) in [5, 5.41) is 11.2. The molecular formula is C15H21N4O4S2+. The summed E-state index contributed by atoms with van der Waals surface area (Å²) in [6.07, 6.45) is 2.40. The molecule has 0 aliphatic heterocycles. The fraction of sp³-hybridized carbons (Fsp3) is 0.400. The number of aromatic nitrogens is 1. The molecule has 1 heterocycles. The summed E-state index contributed by atoms with van der Waals surface area (Å²) in [6, 6.07) is 7.64. The summed E-state index contributed by atoms with van der Waals surface area (Å²) in [7, 11) is -2.45. The highest BCUT2D eigenvalue weighted by molar-refractivity contribution is 7.80. The van der Waals surface area contributed by atoms with Crippen LogP contribution in [0.15, 0.2) is 46.1 Å². The Bertz CT molecular complexity index is 803. The van der Waals surface area contributed by atoms with E-state index in [1.54, 1.807) is 0 Å². The molecule has 0 spiro atoms. The summed E-state index contributed by atoms with van der Waals surface area (Å²) in [5.41, 5.74) is 1.75. The van der Waals surface area contributed by atoms with E-state index in [1.807, 2.05) is 54.4 Å². The van der Waals surface area contributed by atoms with Crippen LogP contribution in [0.4, 0.5) is 16.5 Å². The minimum atomic E-state index is -4.37. The largest absolute Gasteiger partial charge is 0.408 e. The van der Waals surface area contributed by atoms with E-state index in [2.05, 4.69) is 19.3 Å². The predicted molar refractivity (Wildman–Crippen MR) is 96.1 cm³/mol. The van der Waals surface area contributed by atoms with Crippen molar-refractivity contribution < 1.29 is 21.7 Å². The second-order valence-electron chi connectivity index (χ2n) is 5.20. The van der Waals surface area contributed by atoms with E-state index in [-0.39, 0.29) is 6.61 Å². The van der Waals surface area contributed by atoms with Gasteiger partial charge in [-0.1, -0.05) is 0 Å². The van der Waals surface area contributed by atoms with Gasteiger partial charge in [-0.25, -0.2) is 8.75 Å². The van der Waals surface area contributed by atoms with Crippen LogP contribution < -0.4 is 9.47 Å². The average molecular weight is 385 g/mol. The Morgan fingerprint density at radius 2 is 2.00 bits per heavy atom. The third-order valence-electron chi connectivity index (χ3n) is 3.41. The molecule has 1 N–H and O–H groups in total. The second-order valence-corrected chi connectivity index (χ2v) is 7.16. The molecule has 0 saturated heterocycles. The summed E-state index contributed by atoms with van der Waals surface area (Å²) >= 11 is 1.52. The lowest BCUT2D eigenvalue weighted by molar-refractivity contribution is -0.654. The molecule has 2 rings (SSSR count). The van der Waals surface area contributed by atoms with E-state index in [1.165, 1.54) is 11.3 Å². The van der Waals surface area contributed by atoms with Crippen molar-refractivity contribution in [2.75, 3.05) is 24.6 Å². The fourth-order valence-corrected chi connectivity index (χ4v) is 3.15. The number of thiazole rings is 1. The maximum Gasteiger partial charge on any atom is 0.408 e. The molecule has 8 nitrogen and oxygen atoms in total. The highest BCUT2D eigenvalue weighted by Crippen LogP contribution is 2.22. The number of anilines is 1. The molecule has 0 aliphatic rings. The third-order valence-corrected chi connectivity index (χ3v) is 4.71. The minimum absolute atomic E-state index is 0.0561. The first-order valence-corrected chi connectivity index (χ1v) is 9.95. The third kappa shape index (κ3) is 6.50. The van der Waals surface area contributed by atoms with E-state index in [4.69, 9.17) is 4.55 Å². The zero-order chi connectivity index (χ0) is 18.3. The molecule has 136 valence electrons. The van der Waals surface area contributed by atoms with Crippen molar-refractivity contribution >= 4 is 38.2 Å². The molecule has 25 heavy (non-hydrogen) atoms. The molecule has 1 aromatic heterocycles. The van der Waals surface area contributed by atoms with Crippen LogP contribution in [0.3, 0.4) is 0 Å². The van der Waals surface area contributed by atoms with Crippen LogP contribution in [0.5, 0.6) is 0 Å². The number of nitrogens with zero attached hydrogens (tertiary/aromatic N) is 4. The van der Waals surface area contributed by atoms with Crippen LogP contribution in [-0.2, 0) is 21.6 Å². The summed E-state index contributed by atoms with van der Waals surface area (Å²) in [6.45, 7) is 3.32. The van der Waals surface area contributed by atoms with Gasteiger partial charge in [-0.2, -0.15) is 8.42 Å². The van der Waals surface area contributed by atoms with E-state index in [0.29, 0.717) is 13.0 Å². The van der Waals surface area contributed by atoms with E-state index < -0.39 is 10.4 Å². The van der Waals surface area contributed by atoms with Crippen LogP contribution in [0, 0.1) is 0 Å². The first-order valence-electron chi connectivity index (χ1n) is 7.71. The second kappa shape index (κ2) is 8.99. The highest BCUT2D eigenvalue weighted by atomic mass is 32.3. The lowest BCUT2D eigenvalue weighted by atomic mass is 10.2. The van der Waals surface area contributed by atoms with Crippen molar-refractivity contribution in [2.24, 2.45) is 17.3 Å². The van der Waals surface area contributed by atoms with Gasteiger partial charge in [0.05, 0.1) is 18.8 Å². The number of aryl methyl sites for hydroxylation is 1. The predicted octanol–water partition coefficient (Wildman–Crippen LogP) is 3.02. The van der Waals surface area contributed by atoms with Crippen molar-refractivity contribution in [3.8, 4) is 0 Å². The van der Waals surface area contributed by atoms with Crippen LogP contribution >= 0.6 is 11.3 Å². The van der Waals surface area contributed by atoms with Gasteiger partial charge in [0.1, 0.15) is 11.9 Å². The molecule has 10 heteroatoms. The van der Waals surface area contributed by atoms with Crippen LogP contribution in [-0.4, -0.2) is 32.7 Å². The summed E-state index contributed by atoms with van der Waals surface area (Å²) in [5.74, 6) is 0. The lowest BCUT2D eigenvalue weighted by Crippen LogP contribution is -2.25. The topological polar surface area (TPSA) is 95.4 Å². The Balaban J connectivity index is 1.92. The maximum absolute atomic E-state index is 10.5. The van der Waals surface area contributed by atoms with E-state index >= 15 is 0 Å². The number of hydrogen-bond donors (Lipinski definition) is 1. The SMILES string of the molecule is CCN(CCCOS(=O)(=O)O)c1ccc(N=Nc2scc[n+]2C)cc1. The standard InChI is InChI=1S/C15H20N4O4S2/c1-3-19(9-4-11-23-25(20,21)22)14-7-5-13(6-8-14)16-17-15-18(2)10-12-24-15/h5-8,10,12H,3-4,9,11H2,1-2H3/p+1. The van der Waals surface area contributed by atoms with Gasteiger partial charge in [0.2, 0.25) is 0 Å². The Morgan fingerprint density at radius 1 is 1.28 bits per heavy atom. The van der Waals surface area contributed by atoms with Crippen molar-refractivity contribution in [1.82, 2.24) is 0 Å². The quantitative estimate of drug-likeness (QED) is 0.310. The molecule has 0 fully saturated rings. The van der Waals surface area contributed by atoms with Crippen molar-refractivity contribution in [1.29, 1.82) is 0 Å². The smallest absolute Gasteiger partial charge is 0.372 e. The molecular weight excluding hydrogens is 364 g/mol. The van der Waals surface area contributed by atoms with Gasteiger partial charge in [0, 0.05) is 24.2 Å². The first kappa shape index (κ1) is 19.4. The minimum Gasteiger partial charge on any atom is -0.372 e. The number of rotatable bonds is 9. The molecule has 0 radical (unpaired) electrons. The Morgan fingerprint density at radius 3 is 2.56 bits per heavy atom. The first-order chi connectivity index (χ1) is 11.9. The molecule has 2 aromatic rings.